The van der Waals surface area contributed by atoms with E-state index < -0.39 is 0 Å². The molecule has 1 fully saturated rings. The molecule has 2 nitrogen and oxygen atoms in total. The molecule has 2 rings (SSSR count). The lowest BCUT2D eigenvalue weighted by Crippen LogP contribution is -2.30. The van der Waals surface area contributed by atoms with Crippen LogP contribution in [0.25, 0.3) is 0 Å². The third kappa shape index (κ3) is 2.51. The molecule has 0 amide bonds. The first kappa shape index (κ1) is 10.9. The van der Waals surface area contributed by atoms with Crippen LogP contribution in [0.15, 0.2) is 24.3 Å². The van der Waals surface area contributed by atoms with Crippen LogP contribution in [0.4, 0.5) is 0 Å². The van der Waals surface area contributed by atoms with Crippen molar-refractivity contribution >= 4 is 11.6 Å². The molecular weight excluding hydrogens is 210 g/mol. The maximum absolute atomic E-state index is 5.88. The summed E-state index contributed by atoms with van der Waals surface area (Å²) >= 11 is 5.84. The molecule has 2 N–H and O–H groups in total. The van der Waals surface area contributed by atoms with Crippen LogP contribution < -0.4 is 5.73 Å². The zero-order chi connectivity index (χ0) is 10.8. The van der Waals surface area contributed by atoms with Crippen LogP contribution >= 0.6 is 11.6 Å². The molecule has 1 aliphatic heterocycles. The van der Waals surface area contributed by atoms with Crippen LogP contribution in [-0.4, -0.2) is 12.1 Å². The minimum Gasteiger partial charge on any atom is -0.369 e. The van der Waals surface area contributed by atoms with E-state index in [2.05, 4.69) is 0 Å². The van der Waals surface area contributed by atoms with Crippen LogP contribution in [0.2, 0.25) is 5.02 Å². The maximum atomic E-state index is 5.88. The van der Waals surface area contributed by atoms with Gasteiger partial charge in [-0.25, -0.2) is 0 Å². The predicted octanol–water partition coefficient (Wildman–Crippen LogP) is 2.91. The van der Waals surface area contributed by atoms with Gasteiger partial charge in [0.25, 0.3) is 0 Å². The molecule has 0 spiro atoms. The lowest BCUT2D eigenvalue weighted by molar-refractivity contribution is 0.0332. The fraction of sp³-hybridized carbons (Fsp3) is 0.500. The molecule has 82 valence electrons. The second-order valence-electron chi connectivity index (χ2n) is 4.15. The van der Waals surface area contributed by atoms with Crippen molar-refractivity contribution in [3.05, 3.63) is 34.9 Å². The van der Waals surface area contributed by atoms with Crippen molar-refractivity contribution in [2.45, 2.75) is 38.0 Å². The van der Waals surface area contributed by atoms with Crippen LogP contribution in [0, 0.1) is 0 Å². The Labute approximate surface area is 95.4 Å². The van der Waals surface area contributed by atoms with Gasteiger partial charge in [-0.15, -0.1) is 0 Å². The second-order valence-corrected chi connectivity index (χ2v) is 4.59. The van der Waals surface area contributed by atoms with Crippen LogP contribution in [0.3, 0.4) is 0 Å². The fourth-order valence-corrected chi connectivity index (χ4v) is 2.10. The van der Waals surface area contributed by atoms with Crippen molar-refractivity contribution in [1.29, 1.82) is 0 Å². The molecule has 1 aliphatic rings. The number of hydrogen-bond donors (Lipinski definition) is 1. The Kier molecular flexibility index (Phi) is 3.29. The number of nitrogens with two attached hydrogens (primary N) is 1. The summed E-state index contributed by atoms with van der Waals surface area (Å²) in [6.45, 7) is 1.99. The number of ether oxygens (including phenoxy) is 1. The predicted molar refractivity (Wildman–Crippen MR) is 61.9 cm³/mol. The van der Waals surface area contributed by atoms with Crippen molar-refractivity contribution in [2.24, 2.45) is 5.73 Å². The Morgan fingerprint density at radius 1 is 1.33 bits per heavy atom. The standard InChI is InChI=1S/C12H16ClNO/c1-8(14)11-6-7-12(15-11)9-2-4-10(13)5-3-9/h2-5,8,11-12H,6-7,14H2,1H3. The molecular formula is C12H16ClNO. The highest BCUT2D eigenvalue weighted by Gasteiger charge is 2.28. The SMILES string of the molecule is CC(N)C1CCC(c2ccc(Cl)cc2)O1. The molecule has 0 aromatic heterocycles. The number of rotatable bonds is 2. The number of benzene rings is 1. The van der Waals surface area contributed by atoms with E-state index >= 15 is 0 Å². The topological polar surface area (TPSA) is 35.2 Å². The Balaban J connectivity index is 2.04. The molecule has 3 atom stereocenters. The fourth-order valence-electron chi connectivity index (χ4n) is 1.97. The second kappa shape index (κ2) is 4.52. The maximum Gasteiger partial charge on any atom is 0.0830 e. The molecule has 1 heterocycles. The molecule has 3 unspecified atom stereocenters. The molecule has 1 saturated heterocycles. The molecule has 0 bridgehead atoms. The van der Waals surface area contributed by atoms with Gasteiger partial charge in [0, 0.05) is 11.1 Å². The van der Waals surface area contributed by atoms with Gasteiger partial charge in [0.05, 0.1) is 12.2 Å². The van der Waals surface area contributed by atoms with Crippen molar-refractivity contribution < 1.29 is 4.74 Å². The van der Waals surface area contributed by atoms with Crippen molar-refractivity contribution in [3.63, 3.8) is 0 Å². The first-order chi connectivity index (χ1) is 7.16. The van der Waals surface area contributed by atoms with Crippen LogP contribution in [-0.2, 0) is 4.74 Å². The number of hydrogen-bond acceptors (Lipinski definition) is 2. The molecule has 3 heteroatoms. The highest BCUT2D eigenvalue weighted by Crippen LogP contribution is 2.33. The summed E-state index contributed by atoms with van der Waals surface area (Å²) in [5, 5.41) is 0.764. The molecule has 1 aromatic carbocycles. The summed E-state index contributed by atoms with van der Waals surface area (Å²) in [6.07, 6.45) is 2.49. The van der Waals surface area contributed by atoms with Crippen LogP contribution in [0.5, 0.6) is 0 Å². The zero-order valence-corrected chi connectivity index (χ0v) is 9.58. The lowest BCUT2D eigenvalue weighted by atomic mass is 10.1. The van der Waals surface area contributed by atoms with Gasteiger partial charge in [-0.05, 0) is 37.5 Å². The smallest absolute Gasteiger partial charge is 0.0830 e. The molecule has 15 heavy (non-hydrogen) atoms. The van der Waals surface area contributed by atoms with Gasteiger partial charge in [-0.3, -0.25) is 0 Å². The van der Waals surface area contributed by atoms with E-state index in [-0.39, 0.29) is 18.2 Å². The van der Waals surface area contributed by atoms with E-state index in [1.54, 1.807) is 0 Å². The third-order valence-electron chi connectivity index (χ3n) is 2.88. The summed E-state index contributed by atoms with van der Waals surface area (Å²) in [5.74, 6) is 0. The van der Waals surface area contributed by atoms with E-state index in [9.17, 15) is 0 Å². The Morgan fingerprint density at radius 3 is 2.53 bits per heavy atom. The van der Waals surface area contributed by atoms with Gasteiger partial charge < -0.3 is 10.5 Å². The van der Waals surface area contributed by atoms with E-state index in [0.717, 1.165) is 17.9 Å². The number of halogens is 1. The summed E-state index contributed by atoms with van der Waals surface area (Å²) in [7, 11) is 0. The lowest BCUT2D eigenvalue weighted by Gasteiger charge is -2.16. The monoisotopic (exact) mass is 225 g/mol. The Hall–Kier alpha value is -0.570. The Bertz CT molecular complexity index is 323. The summed E-state index contributed by atoms with van der Waals surface area (Å²) in [6, 6.07) is 7.97. The van der Waals surface area contributed by atoms with Crippen molar-refractivity contribution in [1.82, 2.24) is 0 Å². The first-order valence-corrected chi connectivity index (χ1v) is 5.71. The molecule has 0 aliphatic carbocycles. The quantitative estimate of drug-likeness (QED) is 0.840. The Morgan fingerprint density at radius 2 is 2.00 bits per heavy atom. The van der Waals surface area contributed by atoms with E-state index in [0.29, 0.717) is 0 Å². The summed E-state index contributed by atoms with van der Waals surface area (Å²) in [5.41, 5.74) is 7.01. The van der Waals surface area contributed by atoms with Gasteiger partial charge in [-0.1, -0.05) is 23.7 Å². The van der Waals surface area contributed by atoms with Gasteiger partial charge in [-0.2, -0.15) is 0 Å². The third-order valence-corrected chi connectivity index (χ3v) is 3.13. The van der Waals surface area contributed by atoms with Crippen molar-refractivity contribution in [3.8, 4) is 0 Å². The van der Waals surface area contributed by atoms with E-state index in [1.165, 1.54) is 5.56 Å². The average Bonchev–Trinajstić information content (AvgIpc) is 2.68. The summed E-state index contributed by atoms with van der Waals surface area (Å²) < 4.78 is 5.88. The zero-order valence-electron chi connectivity index (χ0n) is 8.82. The highest BCUT2D eigenvalue weighted by molar-refractivity contribution is 6.30. The van der Waals surface area contributed by atoms with Gasteiger partial charge >= 0.3 is 0 Å². The average molecular weight is 226 g/mol. The van der Waals surface area contributed by atoms with Gasteiger partial charge in [0.1, 0.15) is 0 Å². The van der Waals surface area contributed by atoms with E-state index in [1.807, 2.05) is 31.2 Å². The minimum absolute atomic E-state index is 0.113. The summed E-state index contributed by atoms with van der Waals surface area (Å²) in [4.78, 5) is 0. The molecule has 0 saturated carbocycles. The largest absolute Gasteiger partial charge is 0.369 e. The van der Waals surface area contributed by atoms with Gasteiger partial charge in [0.2, 0.25) is 0 Å². The van der Waals surface area contributed by atoms with E-state index in [4.69, 9.17) is 22.1 Å². The molecule has 1 aromatic rings. The van der Waals surface area contributed by atoms with Crippen LogP contribution in [0.1, 0.15) is 31.4 Å². The minimum atomic E-state index is 0.113. The first-order valence-electron chi connectivity index (χ1n) is 5.33. The highest BCUT2D eigenvalue weighted by atomic mass is 35.5. The molecule has 0 radical (unpaired) electrons. The van der Waals surface area contributed by atoms with Gasteiger partial charge in [0.15, 0.2) is 0 Å². The normalized spacial score (nSPS) is 27.9. The van der Waals surface area contributed by atoms with Crippen molar-refractivity contribution in [2.75, 3.05) is 0 Å².